The summed E-state index contributed by atoms with van der Waals surface area (Å²) in [6.07, 6.45) is 5.30. The topological polar surface area (TPSA) is 29.1 Å². The molecule has 2 nitrogen and oxygen atoms in total. The van der Waals surface area contributed by atoms with Crippen molar-refractivity contribution >= 4 is 11.6 Å². The van der Waals surface area contributed by atoms with Gasteiger partial charge in [0.15, 0.2) is 0 Å². The van der Waals surface area contributed by atoms with Crippen LogP contribution in [0.1, 0.15) is 25.3 Å². The Kier molecular flexibility index (Phi) is 3.30. The molecule has 72 valence electrons. The molecule has 1 unspecified atom stereocenters. The molecule has 0 saturated heterocycles. The fourth-order valence-electron chi connectivity index (χ4n) is 1.15. The van der Waals surface area contributed by atoms with Gasteiger partial charge in [-0.3, -0.25) is 4.79 Å². The van der Waals surface area contributed by atoms with E-state index in [-0.39, 0.29) is 11.8 Å². The van der Waals surface area contributed by atoms with Crippen LogP contribution < -0.4 is 5.32 Å². The lowest BCUT2D eigenvalue weighted by atomic mass is 10.0. The van der Waals surface area contributed by atoms with E-state index in [4.69, 9.17) is 6.42 Å². The second kappa shape index (κ2) is 4.48. The number of hydrogen-bond donors (Lipinski definition) is 1. The van der Waals surface area contributed by atoms with Crippen molar-refractivity contribution in [1.29, 1.82) is 0 Å². The van der Waals surface area contributed by atoms with Gasteiger partial charge in [0.1, 0.15) is 0 Å². The van der Waals surface area contributed by atoms with Gasteiger partial charge < -0.3 is 5.32 Å². The summed E-state index contributed by atoms with van der Waals surface area (Å²) in [6, 6.07) is 7.56. The Balaban J connectivity index is 2.79. The maximum Gasteiger partial charge on any atom is 0.221 e. The summed E-state index contributed by atoms with van der Waals surface area (Å²) in [5.41, 5.74) is 1.88. The fourth-order valence-corrected chi connectivity index (χ4v) is 1.15. The van der Waals surface area contributed by atoms with E-state index in [1.54, 1.807) is 0 Å². The zero-order chi connectivity index (χ0) is 10.6. The van der Waals surface area contributed by atoms with Gasteiger partial charge in [0.05, 0.1) is 0 Å². The molecule has 0 aliphatic carbocycles. The highest BCUT2D eigenvalue weighted by Gasteiger charge is 2.01. The Bertz CT molecular complexity index is 359. The third-order valence-corrected chi connectivity index (χ3v) is 1.98. The van der Waals surface area contributed by atoms with Gasteiger partial charge in [0, 0.05) is 18.5 Å². The first-order valence-electron chi connectivity index (χ1n) is 4.47. The Morgan fingerprint density at radius 2 is 2.00 bits per heavy atom. The lowest BCUT2D eigenvalue weighted by Gasteiger charge is -2.06. The van der Waals surface area contributed by atoms with E-state index in [0.29, 0.717) is 0 Å². The molecule has 0 saturated carbocycles. The third-order valence-electron chi connectivity index (χ3n) is 1.98. The molecule has 1 N–H and O–H groups in total. The van der Waals surface area contributed by atoms with E-state index >= 15 is 0 Å². The molecular formula is C12H13NO. The first-order valence-corrected chi connectivity index (χ1v) is 4.47. The normalized spacial score (nSPS) is 11.5. The van der Waals surface area contributed by atoms with Crippen molar-refractivity contribution in [2.45, 2.75) is 19.8 Å². The number of carbonyl (C=O) groups excluding carboxylic acids is 1. The van der Waals surface area contributed by atoms with Crippen LogP contribution in [0, 0.1) is 12.3 Å². The summed E-state index contributed by atoms with van der Waals surface area (Å²) < 4.78 is 0. The molecule has 1 rings (SSSR count). The first-order chi connectivity index (χ1) is 6.63. The molecule has 0 aliphatic heterocycles. The average Bonchev–Trinajstić information content (AvgIpc) is 2.17. The minimum absolute atomic E-state index is 0.0669. The quantitative estimate of drug-likeness (QED) is 0.707. The number of carbonyl (C=O) groups is 1. The molecular weight excluding hydrogens is 174 g/mol. The molecule has 0 heterocycles. The minimum Gasteiger partial charge on any atom is -0.326 e. The molecule has 0 bridgehead atoms. The summed E-state index contributed by atoms with van der Waals surface area (Å²) in [5, 5.41) is 2.70. The van der Waals surface area contributed by atoms with Crippen molar-refractivity contribution in [1.82, 2.24) is 0 Å². The number of nitrogens with one attached hydrogen (secondary N) is 1. The van der Waals surface area contributed by atoms with Crippen LogP contribution in [0.25, 0.3) is 0 Å². The van der Waals surface area contributed by atoms with Crippen molar-refractivity contribution in [2.75, 3.05) is 5.32 Å². The summed E-state index contributed by atoms with van der Waals surface area (Å²) in [6.45, 7) is 3.45. The second-order valence-corrected chi connectivity index (χ2v) is 3.19. The second-order valence-electron chi connectivity index (χ2n) is 3.19. The monoisotopic (exact) mass is 187 g/mol. The van der Waals surface area contributed by atoms with E-state index in [9.17, 15) is 4.79 Å². The van der Waals surface area contributed by atoms with Gasteiger partial charge in [-0.25, -0.2) is 0 Å². The number of amides is 1. The Morgan fingerprint density at radius 3 is 2.43 bits per heavy atom. The number of benzene rings is 1. The van der Waals surface area contributed by atoms with Crippen molar-refractivity contribution in [2.24, 2.45) is 0 Å². The van der Waals surface area contributed by atoms with E-state index in [1.807, 2.05) is 31.2 Å². The lowest BCUT2D eigenvalue weighted by molar-refractivity contribution is -0.114. The van der Waals surface area contributed by atoms with Gasteiger partial charge in [-0.15, -0.1) is 6.42 Å². The van der Waals surface area contributed by atoms with Gasteiger partial charge in [-0.1, -0.05) is 18.1 Å². The Morgan fingerprint density at radius 1 is 1.43 bits per heavy atom. The van der Waals surface area contributed by atoms with Crippen molar-refractivity contribution < 1.29 is 4.79 Å². The van der Waals surface area contributed by atoms with Crippen LogP contribution in [0.5, 0.6) is 0 Å². The highest BCUT2D eigenvalue weighted by atomic mass is 16.1. The molecule has 1 aromatic carbocycles. The molecule has 1 aromatic rings. The highest BCUT2D eigenvalue weighted by molar-refractivity contribution is 5.88. The molecule has 0 radical (unpaired) electrons. The maximum absolute atomic E-state index is 10.7. The molecule has 0 fully saturated rings. The summed E-state index contributed by atoms with van der Waals surface area (Å²) in [5.74, 6) is 2.70. The molecule has 14 heavy (non-hydrogen) atoms. The van der Waals surface area contributed by atoms with E-state index < -0.39 is 0 Å². The fraction of sp³-hybridized carbons (Fsp3) is 0.250. The van der Waals surface area contributed by atoms with Crippen LogP contribution in [0.2, 0.25) is 0 Å². The minimum atomic E-state index is -0.0669. The zero-order valence-corrected chi connectivity index (χ0v) is 8.37. The predicted octanol–water partition coefficient (Wildman–Crippen LogP) is 2.38. The van der Waals surface area contributed by atoms with Gasteiger partial charge in [0.25, 0.3) is 0 Å². The van der Waals surface area contributed by atoms with Crippen LogP contribution in [-0.2, 0) is 4.79 Å². The van der Waals surface area contributed by atoms with Crippen molar-refractivity contribution in [3.63, 3.8) is 0 Å². The molecule has 0 aliphatic rings. The van der Waals surface area contributed by atoms with Gasteiger partial charge in [-0.2, -0.15) is 0 Å². The van der Waals surface area contributed by atoms with Crippen LogP contribution in [0.4, 0.5) is 5.69 Å². The van der Waals surface area contributed by atoms with E-state index in [2.05, 4.69) is 11.2 Å². The van der Waals surface area contributed by atoms with Gasteiger partial charge in [0.2, 0.25) is 5.91 Å². The SMILES string of the molecule is C#CC(C)c1ccc(NC(C)=O)cc1. The summed E-state index contributed by atoms with van der Waals surface area (Å²) in [7, 11) is 0. The third kappa shape index (κ3) is 2.63. The van der Waals surface area contributed by atoms with Gasteiger partial charge >= 0.3 is 0 Å². The maximum atomic E-state index is 10.7. The standard InChI is InChI=1S/C12H13NO/c1-4-9(2)11-5-7-12(8-6-11)13-10(3)14/h1,5-9H,2-3H3,(H,13,14). The number of anilines is 1. The zero-order valence-electron chi connectivity index (χ0n) is 8.37. The molecule has 1 amide bonds. The van der Waals surface area contributed by atoms with Crippen LogP contribution >= 0.6 is 0 Å². The number of hydrogen-bond acceptors (Lipinski definition) is 1. The number of terminal acetylenes is 1. The predicted molar refractivity (Wildman–Crippen MR) is 58.0 cm³/mol. The molecule has 0 spiro atoms. The van der Waals surface area contributed by atoms with Crippen LogP contribution in [-0.4, -0.2) is 5.91 Å². The van der Waals surface area contributed by atoms with E-state index in [1.165, 1.54) is 6.92 Å². The molecule has 1 atom stereocenters. The highest BCUT2D eigenvalue weighted by Crippen LogP contribution is 2.16. The van der Waals surface area contributed by atoms with Crippen LogP contribution in [0.15, 0.2) is 24.3 Å². The smallest absolute Gasteiger partial charge is 0.221 e. The molecule has 0 aromatic heterocycles. The summed E-state index contributed by atoms with van der Waals surface area (Å²) >= 11 is 0. The Labute approximate surface area is 84.3 Å². The average molecular weight is 187 g/mol. The Hall–Kier alpha value is -1.75. The van der Waals surface area contributed by atoms with Crippen LogP contribution in [0.3, 0.4) is 0 Å². The first kappa shape index (κ1) is 10.3. The molecule has 2 heteroatoms. The van der Waals surface area contributed by atoms with Crippen molar-refractivity contribution in [3.05, 3.63) is 29.8 Å². The number of rotatable bonds is 2. The van der Waals surface area contributed by atoms with Crippen molar-refractivity contribution in [3.8, 4) is 12.3 Å². The van der Waals surface area contributed by atoms with Gasteiger partial charge in [-0.05, 0) is 24.6 Å². The van der Waals surface area contributed by atoms with E-state index in [0.717, 1.165) is 11.3 Å². The summed E-state index contributed by atoms with van der Waals surface area (Å²) in [4.78, 5) is 10.7. The largest absolute Gasteiger partial charge is 0.326 e. The lowest BCUT2D eigenvalue weighted by Crippen LogP contribution is -2.05.